The van der Waals surface area contributed by atoms with Crippen LogP contribution in [0.25, 0.3) is 10.4 Å². The van der Waals surface area contributed by atoms with Crippen LogP contribution in [0.5, 0.6) is 0 Å². The molecule has 2 atom stereocenters. The third-order valence-corrected chi connectivity index (χ3v) is 3.94. The van der Waals surface area contributed by atoms with E-state index in [9.17, 15) is 9.59 Å². The minimum Gasteiger partial charge on any atom is -0.447 e. The number of aromatic nitrogens is 1. The second-order valence-electron chi connectivity index (χ2n) is 6.65. The predicted molar refractivity (Wildman–Crippen MR) is 104 cm³/mol. The zero-order valence-electron chi connectivity index (χ0n) is 15.9. The van der Waals surface area contributed by atoms with Crippen molar-refractivity contribution < 1.29 is 14.3 Å². The molecule has 2 aromatic rings. The summed E-state index contributed by atoms with van der Waals surface area (Å²) < 4.78 is 5.42. The van der Waals surface area contributed by atoms with E-state index in [1.54, 1.807) is 12.1 Å². The minimum absolute atomic E-state index is 0.0765. The van der Waals surface area contributed by atoms with Crippen LogP contribution in [0.4, 0.5) is 0 Å². The first-order chi connectivity index (χ1) is 13.5. The van der Waals surface area contributed by atoms with Crippen LogP contribution in [0.15, 0.2) is 59.8 Å². The average Bonchev–Trinajstić information content (AvgIpc) is 2.71. The van der Waals surface area contributed by atoms with E-state index in [4.69, 9.17) is 10.3 Å². The molecule has 8 nitrogen and oxygen atoms in total. The van der Waals surface area contributed by atoms with Crippen molar-refractivity contribution in [2.75, 3.05) is 0 Å². The summed E-state index contributed by atoms with van der Waals surface area (Å²) in [7, 11) is 0. The first-order valence-corrected chi connectivity index (χ1v) is 8.99. The highest BCUT2D eigenvalue weighted by atomic mass is 16.5. The summed E-state index contributed by atoms with van der Waals surface area (Å²) in [6.45, 7) is 4.13. The number of azide groups is 1. The van der Waals surface area contributed by atoms with E-state index in [0.29, 0.717) is 6.42 Å². The van der Waals surface area contributed by atoms with E-state index in [0.717, 1.165) is 5.56 Å². The molecule has 0 fully saturated rings. The van der Waals surface area contributed by atoms with Crippen LogP contribution in [0.3, 0.4) is 0 Å². The molecule has 0 saturated carbocycles. The van der Waals surface area contributed by atoms with Gasteiger partial charge in [0.1, 0.15) is 5.69 Å². The molecule has 0 aliphatic heterocycles. The lowest BCUT2D eigenvalue weighted by molar-refractivity contribution is -0.131. The van der Waals surface area contributed by atoms with Crippen LogP contribution >= 0.6 is 0 Å². The van der Waals surface area contributed by atoms with Gasteiger partial charge >= 0.3 is 5.97 Å². The molecule has 146 valence electrons. The third kappa shape index (κ3) is 6.41. The molecular weight excluding hydrogens is 358 g/mol. The maximum atomic E-state index is 12.8. The Balaban J connectivity index is 2.19. The molecule has 0 aliphatic carbocycles. The van der Waals surface area contributed by atoms with Gasteiger partial charge in [0.05, 0.1) is 6.04 Å². The van der Waals surface area contributed by atoms with Gasteiger partial charge in [-0.25, -0.2) is 9.78 Å². The molecule has 0 bridgehead atoms. The zero-order chi connectivity index (χ0) is 20.4. The maximum Gasteiger partial charge on any atom is 0.357 e. The van der Waals surface area contributed by atoms with Gasteiger partial charge in [-0.15, -0.1) is 0 Å². The van der Waals surface area contributed by atoms with Crippen LogP contribution in [-0.4, -0.2) is 29.0 Å². The van der Waals surface area contributed by atoms with Gasteiger partial charge in [0, 0.05) is 17.7 Å². The lowest BCUT2D eigenvalue weighted by Crippen LogP contribution is -2.44. The molecule has 1 N–H and O–H groups in total. The van der Waals surface area contributed by atoms with Crippen LogP contribution in [0, 0.1) is 5.92 Å². The summed E-state index contributed by atoms with van der Waals surface area (Å²) in [5.41, 5.74) is 9.89. The van der Waals surface area contributed by atoms with Crippen molar-refractivity contribution in [3.63, 3.8) is 0 Å². The van der Waals surface area contributed by atoms with E-state index in [-0.39, 0.29) is 18.2 Å². The predicted octanol–water partition coefficient (Wildman–Crippen LogP) is 3.65. The summed E-state index contributed by atoms with van der Waals surface area (Å²) >= 11 is 0. The van der Waals surface area contributed by atoms with Gasteiger partial charge in [-0.1, -0.05) is 55.4 Å². The number of nitrogens with zero attached hydrogens (tertiary/aromatic N) is 4. The van der Waals surface area contributed by atoms with Gasteiger partial charge in [0.25, 0.3) is 5.91 Å². The molecule has 8 heteroatoms. The smallest absolute Gasteiger partial charge is 0.357 e. The Morgan fingerprint density at radius 3 is 2.50 bits per heavy atom. The number of carbonyl (C=O) groups excluding carboxylic acids is 2. The van der Waals surface area contributed by atoms with Crippen molar-refractivity contribution in [1.82, 2.24) is 10.3 Å². The number of ether oxygens (including phenoxy) is 1. The quantitative estimate of drug-likeness (QED) is 0.309. The molecule has 1 aromatic heterocycles. The largest absolute Gasteiger partial charge is 0.447 e. The van der Waals surface area contributed by atoms with Gasteiger partial charge < -0.3 is 10.1 Å². The number of hydrogen-bond acceptors (Lipinski definition) is 5. The number of pyridine rings is 1. The zero-order valence-corrected chi connectivity index (χ0v) is 15.9. The molecular formula is C20H23N5O3. The first-order valence-electron chi connectivity index (χ1n) is 8.99. The second kappa shape index (κ2) is 10.7. The Morgan fingerprint density at radius 2 is 1.89 bits per heavy atom. The van der Waals surface area contributed by atoms with Crippen molar-refractivity contribution in [2.24, 2.45) is 11.0 Å². The minimum atomic E-state index is -1.25. The second-order valence-corrected chi connectivity index (χ2v) is 6.65. The lowest BCUT2D eigenvalue weighted by Gasteiger charge is -2.24. The Morgan fingerprint density at radius 1 is 1.18 bits per heavy atom. The highest BCUT2D eigenvalue weighted by Crippen LogP contribution is 2.17. The van der Waals surface area contributed by atoms with Crippen molar-refractivity contribution in [1.29, 1.82) is 0 Å². The summed E-state index contributed by atoms with van der Waals surface area (Å²) in [5.74, 6) is -1.14. The first kappa shape index (κ1) is 20.9. The molecule has 28 heavy (non-hydrogen) atoms. The fourth-order valence-electron chi connectivity index (χ4n) is 2.63. The molecule has 1 amide bonds. The van der Waals surface area contributed by atoms with E-state index in [2.05, 4.69) is 20.3 Å². The van der Waals surface area contributed by atoms with Crippen LogP contribution in [0.1, 0.15) is 36.3 Å². The Hall–Kier alpha value is -3.38. The van der Waals surface area contributed by atoms with E-state index in [1.165, 1.54) is 12.3 Å². The van der Waals surface area contributed by atoms with Gasteiger partial charge in [0.2, 0.25) is 0 Å². The number of hydrogen-bond donors (Lipinski definition) is 1. The van der Waals surface area contributed by atoms with Gasteiger partial charge in [-0.2, -0.15) is 0 Å². The summed E-state index contributed by atoms with van der Waals surface area (Å²) in [6, 6.07) is 13.3. The summed E-state index contributed by atoms with van der Waals surface area (Å²) in [6.07, 6.45) is 0.597. The number of carbonyl (C=O) groups is 2. The maximum absolute atomic E-state index is 12.8. The number of rotatable bonds is 9. The van der Waals surface area contributed by atoms with Crippen molar-refractivity contribution in [3.8, 4) is 0 Å². The standard InChI is InChI=1S/C20H23N5O3/c1-14(2)12-17(24-25-21)18(28-20(27)16-10-6-7-11-22-16)19(26)23-13-15-8-4-3-5-9-15/h3-11,14,17-18H,12-13H2,1-2H3,(H,23,26)/t17-,18?/m1/s1. The fourth-order valence-corrected chi connectivity index (χ4v) is 2.63. The topological polar surface area (TPSA) is 117 Å². The SMILES string of the molecule is CC(C)C[C@@H](N=[N+]=[N-])C(OC(=O)c1ccccn1)C(=O)NCc1ccccc1. The van der Waals surface area contributed by atoms with E-state index in [1.807, 2.05) is 44.2 Å². The fraction of sp³-hybridized carbons (Fsp3) is 0.350. The van der Waals surface area contributed by atoms with Gasteiger partial charge in [-0.3, -0.25) is 4.79 Å². The Kier molecular flexibility index (Phi) is 7.99. The molecule has 1 aromatic carbocycles. The summed E-state index contributed by atoms with van der Waals surface area (Å²) in [4.78, 5) is 32.0. The van der Waals surface area contributed by atoms with Crippen LogP contribution in [-0.2, 0) is 16.1 Å². The monoisotopic (exact) mass is 381 g/mol. The van der Waals surface area contributed by atoms with Crippen molar-refractivity contribution in [2.45, 2.75) is 39.0 Å². The Bertz CT molecular complexity index is 820. The molecule has 0 saturated heterocycles. The van der Waals surface area contributed by atoms with Crippen LogP contribution in [0.2, 0.25) is 0 Å². The third-order valence-electron chi connectivity index (χ3n) is 3.94. The molecule has 1 unspecified atom stereocenters. The highest BCUT2D eigenvalue weighted by molar-refractivity contribution is 5.91. The number of nitrogens with one attached hydrogen (secondary N) is 1. The van der Waals surface area contributed by atoms with Gasteiger partial charge in [0.15, 0.2) is 6.10 Å². The molecule has 2 rings (SSSR count). The highest BCUT2D eigenvalue weighted by Gasteiger charge is 2.32. The molecule has 0 aliphatic rings. The van der Waals surface area contributed by atoms with Gasteiger partial charge in [-0.05, 0) is 35.6 Å². The van der Waals surface area contributed by atoms with Crippen LogP contribution < -0.4 is 5.32 Å². The molecule has 1 heterocycles. The lowest BCUT2D eigenvalue weighted by atomic mass is 9.99. The van der Waals surface area contributed by atoms with E-state index >= 15 is 0 Å². The number of benzene rings is 1. The number of amides is 1. The van der Waals surface area contributed by atoms with Crippen molar-refractivity contribution >= 4 is 11.9 Å². The Labute approximate surface area is 163 Å². The average molecular weight is 381 g/mol. The molecule has 0 spiro atoms. The van der Waals surface area contributed by atoms with Crippen molar-refractivity contribution in [3.05, 3.63) is 76.4 Å². The van der Waals surface area contributed by atoms with E-state index < -0.39 is 24.0 Å². The normalized spacial score (nSPS) is 12.5. The number of esters is 1. The summed E-state index contributed by atoms with van der Waals surface area (Å²) in [5, 5.41) is 6.46. The molecule has 0 radical (unpaired) electrons.